The minimum atomic E-state index is 0.162. The summed E-state index contributed by atoms with van der Waals surface area (Å²) in [6.45, 7) is 2.93. The van der Waals surface area contributed by atoms with Gasteiger partial charge in [0.1, 0.15) is 0 Å². The second-order valence-electron chi connectivity index (χ2n) is 5.48. The van der Waals surface area contributed by atoms with Gasteiger partial charge in [0.05, 0.1) is 0 Å². The summed E-state index contributed by atoms with van der Waals surface area (Å²) < 4.78 is 0. The lowest BCUT2D eigenvalue weighted by atomic mass is 10.1. The first-order valence-electron chi connectivity index (χ1n) is 7.05. The molecule has 1 aliphatic rings. The largest absolute Gasteiger partial charge is 0.409 e. The normalized spacial score (nSPS) is 15.2. The van der Waals surface area contributed by atoms with E-state index in [2.05, 4.69) is 39.0 Å². The average molecular weight is 301 g/mol. The van der Waals surface area contributed by atoms with Gasteiger partial charge in [-0.05, 0) is 65.9 Å². The van der Waals surface area contributed by atoms with Crippen molar-refractivity contribution in [2.24, 2.45) is 10.9 Å². The third-order valence-corrected chi connectivity index (χ3v) is 4.58. The molecule has 0 unspecified atom stereocenters. The molecule has 3 rings (SSSR count). The molecule has 1 aliphatic carbocycles. The van der Waals surface area contributed by atoms with Crippen LogP contribution in [0.1, 0.15) is 29.5 Å². The van der Waals surface area contributed by atoms with Gasteiger partial charge in [0.25, 0.3) is 0 Å². The summed E-state index contributed by atoms with van der Waals surface area (Å²) in [6.07, 6.45) is 2.51. The summed E-state index contributed by atoms with van der Waals surface area (Å²) in [7, 11) is 0. The van der Waals surface area contributed by atoms with E-state index < -0.39 is 0 Å². The van der Waals surface area contributed by atoms with Crippen molar-refractivity contribution in [2.45, 2.75) is 32.4 Å². The minimum absolute atomic E-state index is 0.162. The molecule has 21 heavy (non-hydrogen) atoms. The molecule has 0 bridgehead atoms. The van der Waals surface area contributed by atoms with Crippen molar-refractivity contribution in [1.29, 1.82) is 0 Å². The highest BCUT2D eigenvalue weighted by atomic mass is 32.1. The second-order valence-corrected chi connectivity index (χ2v) is 6.26. The Bertz CT molecular complexity index is 648. The van der Waals surface area contributed by atoms with E-state index in [1.165, 1.54) is 24.1 Å². The number of oxime groups is 1. The third-order valence-electron chi connectivity index (χ3n) is 3.85. The molecule has 1 fully saturated rings. The summed E-state index contributed by atoms with van der Waals surface area (Å²) in [6, 6.07) is 8.93. The Labute approximate surface area is 128 Å². The van der Waals surface area contributed by atoms with Crippen molar-refractivity contribution in [3.8, 4) is 0 Å². The molecule has 110 valence electrons. The average Bonchev–Trinajstić information content (AvgIpc) is 3.20. The Morgan fingerprint density at radius 3 is 2.81 bits per heavy atom. The van der Waals surface area contributed by atoms with Crippen LogP contribution in [0.4, 0.5) is 5.69 Å². The molecule has 5 heteroatoms. The standard InChI is InChI=1S/C16H19N3OS/c1-11-8-14(4-5-15(11)16(17)18-20)19(13-2-3-13)9-12-6-7-21-10-12/h4-8,10,13,20H,2-3,9H2,1H3,(H2,17,18). The fraction of sp³-hybridized carbons (Fsp3) is 0.312. The molecule has 0 saturated heterocycles. The van der Waals surface area contributed by atoms with Crippen LogP contribution in [-0.4, -0.2) is 17.1 Å². The van der Waals surface area contributed by atoms with E-state index in [1.54, 1.807) is 11.3 Å². The molecule has 1 aromatic heterocycles. The highest BCUT2D eigenvalue weighted by Gasteiger charge is 2.29. The van der Waals surface area contributed by atoms with E-state index >= 15 is 0 Å². The molecule has 0 spiro atoms. The first-order valence-corrected chi connectivity index (χ1v) is 7.99. The number of benzene rings is 1. The van der Waals surface area contributed by atoms with Crippen LogP contribution in [0.2, 0.25) is 0 Å². The summed E-state index contributed by atoms with van der Waals surface area (Å²) >= 11 is 1.73. The van der Waals surface area contributed by atoms with Crippen molar-refractivity contribution < 1.29 is 5.21 Å². The zero-order chi connectivity index (χ0) is 14.8. The van der Waals surface area contributed by atoms with E-state index in [9.17, 15) is 0 Å². The lowest BCUT2D eigenvalue weighted by molar-refractivity contribution is 0.318. The van der Waals surface area contributed by atoms with Crippen LogP contribution in [0, 0.1) is 6.92 Å². The van der Waals surface area contributed by atoms with Crippen LogP contribution >= 0.6 is 11.3 Å². The lowest BCUT2D eigenvalue weighted by Crippen LogP contribution is -2.25. The molecule has 0 atom stereocenters. The number of hydrogen-bond acceptors (Lipinski definition) is 4. The van der Waals surface area contributed by atoms with Crippen molar-refractivity contribution in [2.75, 3.05) is 4.90 Å². The smallest absolute Gasteiger partial charge is 0.170 e. The second kappa shape index (κ2) is 5.77. The zero-order valence-electron chi connectivity index (χ0n) is 12.0. The van der Waals surface area contributed by atoms with E-state index in [1.807, 2.05) is 13.0 Å². The van der Waals surface area contributed by atoms with Crippen molar-refractivity contribution in [1.82, 2.24) is 0 Å². The van der Waals surface area contributed by atoms with Crippen LogP contribution in [0.25, 0.3) is 0 Å². The number of hydrogen-bond donors (Lipinski definition) is 2. The predicted molar refractivity (Wildman–Crippen MR) is 87.2 cm³/mol. The van der Waals surface area contributed by atoms with E-state index in [0.717, 1.165) is 17.7 Å². The van der Waals surface area contributed by atoms with Gasteiger partial charge in [0.2, 0.25) is 0 Å². The SMILES string of the molecule is Cc1cc(N(Cc2ccsc2)C2CC2)ccc1/C(N)=N/O. The van der Waals surface area contributed by atoms with Crippen LogP contribution in [-0.2, 0) is 6.54 Å². The Hall–Kier alpha value is -2.01. The topological polar surface area (TPSA) is 61.8 Å². The maximum Gasteiger partial charge on any atom is 0.170 e. The van der Waals surface area contributed by atoms with Gasteiger partial charge in [-0.3, -0.25) is 0 Å². The quantitative estimate of drug-likeness (QED) is 0.385. The van der Waals surface area contributed by atoms with Gasteiger partial charge >= 0.3 is 0 Å². The van der Waals surface area contributed by atoms with Crippen molar-refractivity contribution in [3.05, 3.63) is 51.7 Å². The summed E-state index contributed by atoms with van der Waals surface area (Å²) in [5.74, 6) is 0.162. The number of aryl methyl sites for hydroxylation is 1. The number of nitrogens with two attached hydrogens (primary N) is 1. The Morgan fingerprint density at radius 1 is 1.43 bits per heavy atom. The van der Waals surface area contributed by atoms with Crippen LogP contribution in [0.5, 0.6) is 0 Å². The van der Waals surface area contributed by atoms with Gasteiger partial charge in [-0.15, -0.1) is 0 Å². The van der Waals surface area contributed by atoms with Gasteiger partial charge in [0, 0.05) is 23.8 Å². The number of anilines is 1. The maximum absolute atomic E-state index is 8.81. The molecule has 0 aliphatic heterocycles. The molecule has 1 aromatic carbocycles. The fourth-order valence-corrected chi connectivity index (χ4v) is 3.22. The predicted octanol–water partition coefficient (Wildman–Crippen LogP) is 3.32. The first kappa shape index (κ1) is 13.9. The van der Waals surface area contributed by atoms with Crippen LogP contribution in [0.3, 0.4) is 0 Å². The summed E-state index contributed by atoms with van der Waals surface area (Å²) in [4.78, 5) is 2.45. The number of nitrogens with zero attached hydrogens (tertiary/aromatic N) is 2. The molecule has 0 amide bonds. The van der Waals surface area contributed by atoms with E-state index in [0.29, 0.717) is 6.04 Å². The minimum Gasteiger partial charge on any atom is -0.409 e. The molecular formula is C16H19N3OS. The van der Waals surface area contributed by atoms with Gasteiger partial charge in [-0.2, -0.15) is 11.3 Å². The number of thiophene rings is 1. The molecule has 1 saturated carbocycles. The number of amidine groups is 1. The van der Waals surface area contributed by atoms with Crippen molar-refractivity contribution >= 4 is 22.9 Å². The van der Waals surface area contributed by atoms with Gasteiger partial charge in [-0.25, -0.2) is 0 Å². The van der Waals surface area contributed by atoms with E-state index in [-0.39, 0.29) is 5.84 Å². The van der Waals surface area contributed by atoms with E-state index in [4.69, 9.17) is 10.9 Å². The fourth-order valence-electron chi connectivity index (χ4n) is 2.56. The molecule has 4 nitrogen and oxygen atoms in total. The monoisotopic (exact) mass is 301 g/mol. The van der Waals surface area contributed by atoms with Gasteiger partial charge < -0.3 is 15.8 Å². The Morgan fingerprint density at radius 2 is 2.24 bits per heavy atom. The van der Waals surface area contributed by atoms with Crippen molar-refractivity contribution in [3.63, 3.8) is 0 Å². The van der Waals surface area contributed by atoms with Crippen LogP contribution in [0.15, 0.2) is 40.2 Å². The summed E-state index contributed by atoms with van der Waals surface area (Å²) in [5.41, 5.74) is 10.1. The number of rotatable bonds is 5. The first-order chi connectivity index (χ1) is 10.2. The molecule has 0 radical (unpaired) electrons. The maximum atomic E-state index is 8.81. The van der Waals surface area contributed by atoms with Crippen LogP contribution < -0.4 is 10.6 Å². The summed E-state index contributed by atoms with van der Waals surface area (Å²) in [5, 5.41) is 16.2. The molecular weight excluding hydrogens is 282 g/mol. The van der Waals surface area contributed by atoms with Gasteiger partial charge in [0.15, 0.2) is 5.84 Å². The highest BCUT2D eigenvalue weighted by molar-refractivity contribution is 7.07. The molecule has 1 heterocycles. The Kier molecular flexibility index (Phi) is 3.84. The molecule has 2 aromatic rings. The highest BCUT2D eigenvalue weighted by Crippen LogP contribution is 2.34. The zero-order valence-corrected chi connectivity index (χ0v) is 12.8. The lowest BCUT2D eigenvalue weighted by Gasteiger charge is -2.25. The Balaban J connectivity index is 1.88. The third kappa shape index (κ3) is 3.03. The molecule has 3 N–H and O–H groups in total. The van der Waals surface area contributed by atoms with Gasteiger partial charge in [-0.1, -0.05) is 5.16 Å².